The van der Waals surface area contributed by atoms with Crippen LogP contribution >= 0.6 is 0 Å². The highest BCUT2D eigenvalue weighted by Crippen LogP contribution is 2.17. The van der Waals surface area contributed by atoms with Gasteiger partial charge in [-0.1, -0.05) is 18.2 Å². The molecule has 8 heteroatoms. The van der Waals surface area contributed by atoms with Crippen molar-refractivity contribution >= 4 is 5.91 Å². The summed E-state index contributed by atoms with van der Waals surface area (Å²) in [5, 5.41) is 5.18. The van der Waals surface area contributed by atoms with Gasteiger partial charge in [0.05, 0.1) is 14.2 Å². The van der Waals surface area contributed by atoms with E-state index in [1.54, 1.807) is 38.5 Å². The molecule has 2 aromatic carbocycles. The van der Waals surface area contributed by atoms with Gasteiger partial charge in [-0.25, -0.2) is 4.79 Å². The van der Waals surface area contributed by atoms with E-state index in [1.165, 1.54) is 4.68 Å². The summed E-state index contributed by atoms with van der Waals surface area (Å²) < 4.78 is 16.5. The SMILES string of the molecule is COc1ccc(-[n+]2[nH]oc(=O)c2C(=O)NCCc2ccccc2OC)cc1. The Morgan fingerprint density at radius 1 is 1.11 bits per heavy atom. The van der Waals surface area contributed by atoms with Crippen molar-refractivity contribution in [2.24, 2.45) is 0 Å². The number of ether oxygens (including phenoxy) is 2. The maximum atomic E-state index is 12.5. The second-order valence-corrected chi connectivity index (χ2v) is 5.68. The lowest BCUT2D eigenvalue weighted by molar-refractivity contribution is -0.672. The molecule has 0 spiro atoms. The van der Waals surface area contributed by atoms with Crippen molar-refractivity contribution in [1.82, 2.24) is 10.6 Å². The first kappa shape index (κ1) is 18.2. The molecule has 8 nitrogen and oxygen atoms in total. The Hall–Kier alpha value is -3.55. The summed E-state index contributed by atoms with van der Waals surface area (Å²) in [4.78, 5) is 24.5. The number of carbonyl (C=O) groups excluding carboxylic acids is 1. The number of hydrogen-bond acceptors (Lipinski definition) is 5. The zero-order valence-corrected chi connectivity index (χ0v) is 15.0. The third-order valence-electron chi connectivity index (χ3n) is 4.06. The molecule has 1 aromatic heterocycles. The summed E-state index contributed by atoms with van der Waals surface area (Å²) in [6.45, 7) is 0.340. The molecule has 1 heterocycles. The number of carbonyl (C=O) groups is 1. The zero-order valence-electron chi connectivity index (χ0n) is 15.0. The second-order valence-electron chi connectivity index (χ2n) is 5.68. The van der Waals surface area contributed by atoms with E-state index in [1.807, 2.05) is 24.3 Å². The van der Waals surface area contributed by atoms with Crippen LogP contribution in [0.15, 0.2) is 57.8 Å². The molecule has 0 radical (unpaired) electrons. The maximum absolute atomic E-state index is 12.5. The van der Waals surface area contributed by atoms with E-state index < -0.39 is 11.5 Å². The fourth-order valence-electron chi connectivity index (χ4n) is 2.68. The van der Waals surface area contributed by atoms with Crippen molar-refractivity contribution in [1.29, 1.82) is 0 Å². The lowest BCUT2D eigenvalue weighted by Crippen LogP contribution is -2.45. The van der Waals surface area contributed by atoms with Gasteiger partial charge in [0, 0.05) is 18.7 Å². The number of aromatic nitrogens is 2. The average molecular weight is 370 g/mol. The molecule has 0 aliphatic carbocycles. The fraction of sp³-hybridized carbons (Fsp3) is 0.211. The Labute approximate surface area is 155 Å². The van der Waals surface area contributed by atoms with Crippen LogP contribution in [0.3, 0.4) is 0 Å². The minimum atomic E-state index is -0.749. The second kappa shape index (κ2) is 8.22. The highest BCUT2D eigenvalue weighted by molar-refractivity contribution is 5.90. The molecule has 0 fully saturated rings. The Kier molecular flexibility index (Phi) is 5.55. The van der Waals surface area contributed by atoms with Gasteiger partial charge in [0.1, 0.15) is 11.5 Å². The summed E-state index contributed by atoms with van der Waals surface area (Å²) in [6, 6.07) is 14.4. The number of H-pyrrole nitrogens is 1. The van der Waals surface area contributed by atoms with Gasteiger partial charge < -0.3 is 14.8 Å². The Morgan fingerprint density at radius 3 is 2.56 bits per heavy atom. The first-order valence-electron chi connectivity index (χ1n) is 8.32. The fourth-order valence-corrected chi connectivity index (χ4v) is 2.68. The molecule has 140 valence electrons. The average Bonchev–Trinajstić information content (AvgIpc) is 3.10. The first-order valence-corrected chi connectivity index (χ1v) is 8.32. The van der Waals surface area contributed by atoms with Crippen LogP contribution in [0.2, 0.25) is 0 Å². The van der Waals surface area contributed by atoms with Gasteiger partial charge >= 0.3 is 17.2 Å². The lowest BCUT2D eigenvalue weighted by atomic mass is 10.1. The van der Waals surface area contributed by atoms with Crippen LogP contribution in [0.1, 0.15) is 16.1 Å². The van der Waals surface area contributed by atoms with Crippen LogP contribution in [0.5, 0.6) is 11.5 Å². The van der Waals surface area contributed by atoms with Crippen LogP contribution in [-0.2, 0) is 6.42 Å². The van der Waals surface area contributed by atoms with Crippen molar-refractivity contribution in [2.45, 2.75) is 6.42 Å². The van der Waals surface area contributed by atoms with E-state index in [-0.39, 0.29) is 5.69 Å². The van der Waals surface area contributed by atoms with Crippen molar-refractivity contribution in [3.63, 3.8) is 0 Å². The molecule has 0 bridgehead atoms. The third kappa shape index (κ3) is 4.00. The molecule has 0 atom stereocenters. The molecule has 2 N–H and O–H groups in total. The Bertz CT molecular complexity index is 976. The van der Waals surface area contributed by atoms with Crippen LogP contribution in [-0.4, -0.2) is 31.9 Å². The number of hydrogen-bond donors (Lipinski definition) is 2. The zero-order chi connectivity index (χ0) is 19.2. The standard InChI is InChI=1S/C19H19N3O5/c1-25-15-9-7-14(8-10-15)22-17(19(24)27-21-22)18(23)20-12-11-13-5-3-4-6-16(13)26-2/h3-10H,11-12H2,1-2H3,(H-,20,21,23,24)/p+1. The van der Waals surface area contributed by atoms with Gasteiger partial charge in [-0.15, -0.1) is 0 Å². The third-order valence-corrected chi connectivity index (χ3v) is 4.06. The minimum absolute atomic E-state index is 0.139. The van der Waals surface area contributed by atoms with E-state index in [0.29, 0.717) is 24.4 Å². The van der Waals surface area contributed by atoms with Gasteiger partial charge in [0.2, 0.25) is 5.69 Å². The molecule has 1 amide bonds. The number of nitrogens with one attached hydrogen (secondary N) is 2. The van der Waals surface area contributed by atoms with E-state index in [9.17, 15) is 9.59 Å². The van der Waals surface area contributed by atoms with E-state index >= 15 is 0 Å². The van der Waals surface area contributed by atoms with Crippen molar-refractivity contribution in [2.75, 3.05) is 20.8 Å². The molecular weight excluding hydrogens is 350 g/mol. The monoisotopic (exact) mass is 370 g/mol. The number of amides is 1. The molecule has 3 rings (SSSR count). The van der Waals surface area contributed by atoms with Gasteiger partial charge in [0.15, 0.2) is 0 Å². The van der Waals surface area contributed by atoms with E-state index in [2.05, 4.69) is 10.6 Å². The lowest BCUT2D eigenvalue weighted by Gasteiger charge is -2.07. The number of nitrogens with zero attached hydrogens (tertiary/aromatic N) is 1. The summed E-state index contributed by atoms with van der Waals surface area (Å²) in [5.74, 6) is 0.880. The number of aromatic amines is 1. The molecule has 27 heavy (non-hydrogen) atoms. The number of para-hydroxylation sites is 1. The van der Waals surface area contributed by atoms with Gasteiger partial charge in [-0.05, 0) is 40.1 Å². The largest absolute Gasteiger partial charge is 0.497 e. The van der Waals surface area contributed by atoms with E-state index in [0.717, 1.165) is 11.3 Å². The van der Waals surface area contributed by atoms with Crippen LogP contribution < -0.4 is 25.1 Å². The number of rotatable bonds is 7. The Morgan fingerprint density at radius 2 is 1.85 bits per heavy atom. The van der Waals surface area contributed by atoms with Crippen LogP contribution in [0.4, 0.5) is 0 Å². The predicted octanol–water partition coefficient (Wildman–Crippen LogP) is 1.23. The van der Waals surface area contributed by atoms with Crippen LogP contribution in [0.25, 0.3) is 5.69 Å². The number of benzene rings is 2. The highest BCUT2D eigenvalue weighted by atomic mass is 16.5. The summed E-state index contributed by atoms with van der Waals surface area (Å²) in [6.07, 6.45) is 0.564. The maximum Gasteiger partial charge on any atom is 0.441 e. The molecule has 0 aliphatic rings. The molecule has 0 unspecified atom stereocenters. The molecule has 0 saturated carbocycles. The molecular formula is C19H20N3O5+. The predicted molar refractivity (Wildman–Crippen MR) is 96.4 cm³/mol. The minimum Gasteiger partial charge on any atom is -0.497 e. The highest BCUT2D eigenvalue weighted by Gasteiger charge is 2.30. The first-order chi connectivity index (χ1) is 13.1. The van der Waals surface area contributed by atoms with Gasteiger partial charge in [-0.3, -0.25) is 9.32 Å². The normalized spacial score (nSPS) is 10.4. The van der Waals surface area contributed by atoms with Gasteiger partial charge in [0.25, 0.3) is 0 Å². The van der Waals surface area contributed by atoms with Gasteiger partial charge in [-0.2, -0.15) is 0 Å². The smallest absolute Gasteiger partial charge is 0.441 e. The van der Waals surface area contributed by atoms with Crippen LogP contribution in [0, 0.1) is 0 Å². The van der Waals surface area contributed by atoms with Crippen molar-refractivity contribution in [3.8, 4) is 17.2 Å². The summed E-state index contributed by atoms with van der Waals surface area (Å²) in [5.41, 5.74) is 0.641. The molecule has 0 aliphatic heterocycles. The Balaban J connectivity index is 1.73. The van der Waals surface area contributed by atoms with E-state index in [4.69, 9.17) is 14.0 Å². The topological polar surface area (TPSA) is 97.4 Å². The number of methoxy groups -OCH3 is 2. The quantitative estimate of drug-likeness (QED) is 0.610. The van der Waals surface area contributed by atoms with Crippen molar-refractivity contribution < 1.29 is 23.5 Å². The molecule has 0 saturated heterocycles. The van der Waals surface area contributed by atoms with Crippen molar-refractivity contribution in [3.05, 3.63) is 70.2 Å². The summed E-state index contributed by atoms with van der Waals surface area (Å²) in [7, 11) is 3.16. The molecule has 3 aromatic rings. The summed E-state index contributed by atoms with van der Waals surface area (Å²) >= 11 is 0.